The lowest BCUT2D eigenvalue weighted by Gasteiger charge is -2.17. The van der Waals surface area contributed by atoms with Gasteiger partial charge in [0.15, 0.2) is 0 Å². The quantitative estimate of drug-likeness (QED) is 0.294. The van der Waals surface area contributed by atoms with Gasteiger partial charge in [-0.1, -0.05) is 30.3 Å². The summed E-state index contributed by atoms with van der Waals surface area (Å²) in [5.74, 6) is 1.67. The van der Waals surface area contributed by atoms with Gasteiger partial charge in [0.25, 0.3) is 0 Å². The van der Waals surface area contributed by atoms with Crippen molar-refractivity contribution in [2.24, 2.45) is 0 Å². The van der Waals surface area contributed by atoms with Crippen LogP contribution in [-0.4, -0.2) is 62.0 Å². The molecule has 0 radical (unpaired) electrons. The van der Waals surface area contributed by atoms with Crippen LogP contribution in [0.2, 0.25) is 0 Å². The fourth-order valence-electron chi connectivity index (χ4n) is 3.60. The molecule has 0 fully saturated rings. The number of hydrogen-bond donors (Lipinski definition) is 2. The van der Waals surface area contributed by atoms with Crippen LogP contribution >= 0.6 is 0 Å². The van der Waals surface area contributed by atoms with Crippen molar-refractivity contribution in [1.29, 1.82) is 0 Å². The molecule has 2 N–H and O–H groups in total. The van der Waals surface area contributed by atoms with E-state index < -0.39 is 9.84 Å². The lowest BCUT2D eigenvalue weighted by molar-refractivity contribution is 0.306. The maximum Gasteiger partial charge on any atom is 0.148 e. The third-order valence-electron chi connectivity index (χ3n) is 5.67. The molecule has 0 aliphatic heterocycles. The zero-order valence-electron chi connectivity index (χ0n) is 20.5. The maximum absolute atomic E-state index is 11.4. The van der Waals surface area contributed by atoms with Crippen LogP contribution in [0.1, 0.15) is 5.56 Å². The van der Waals surface area contributed by atoms with E-state index in [0.29, 0.717) is 25.5 Å². The van der Waals surface area contributed by atoms with E-state index >= 15 is 0 Å². The molecule has 0 amide bonds. The number of ether oxygens (including phenoxy) is 1. The van der Waals surface area contributed by atoms with Gasteiger partial charge in [0, 0.05) is 42.7 Å². The standard InChI is InChI=1S/C27H31N5O3S/c1-32(16-17-36(2,33)34)15-14-28-23-10-13-26-25(18-23)27(30-20-29-26)31-22-8-11-24(12-9-22)35-19-21-6-4-3-5-7-21/h3-13,18,20,28H,14-17,19H2,1-2H3,(H,29,30,31). The van der Waals surface area contributed by atoms with Gasteiger partial charge in [-0.15, -0.1) is 0 Å². The largest absolute Gasteiger partial charge is 0.489 e. The van der Waals surface area contributed by atoms with Crippen LogP contribution in [0.5, 0.6) is 5.75 Å². The smallest absolute Gasteiger partial charge is 0.148 e. The van der Waals surface area contributed by atoms with Crippen LogP contribution < -0.4 is 15.4 Å². The van der Waals surface area contributed by atoms with Crippen molar-refractivity contribution in [3.8, 4) is 5.75 Å². The zero-order valence-corrected chi connectivity index (χ0v) is 21.3. The van der Waals surface area contributed by atoms with Gasteiger partial charge in [0.1, 0.15) is 34.3 Å². The number of nitrogens with zero attached hydrogens (tertiary/aromatic N) is 3. The first kappa shape index (κ1) is 25.4. The highest BCUT2D eigenvalue weighted by atomic mass is 32.2. The predicted molar refractivity (Wildman–Crippen MR) is 146 cm³/mol. The SMILES string of the molecule is CN(CCNc1ccc2ncnc(Nc3ccc(OCc4ccccc4)cc3)c2c1)CCS(C)(=O)=O. The van der Waals surface area contributed by atoms with Crippen LogP contribution in [0.4, 0.5) is 17.2 Å². The highest BCUT2D eigenvalue weighted by Gasteiger charge is 2.08. The third kappa shape index (κ3) is 7.66. The third-order valence-corrected chi connectivity index (χ3v) is 6.59. The summed E-state index contributed by atoms with van der Waals surface area (Å²) >= 11 is 0. The molecule has 188 valence electrons. The number of aromatic nitrogens is 2. The molecule has 0 bridgehead atoms. The maximum atomic E-state index is 11.4. The second kappa shape index (κ2) is 11.8. The van der Waals surface area contributed by atoms with Crippen LogP contribution in [0.15, 0.2) is 79.1 Å². The fourth-order valence-corrected chi connectivity index (χ4v) is 4.25. The van der Waals surface area contributed by atoms with E-state index in [4.69, 9.17) is 4.74 Å². The van der Waals surface area contributed by atoms with Gasteiger partial charge >= 0.3 is 0 Å². The highest BCUT2D eigenvalue weighted by molar-refractivity contribution is 7.90. The lowest BCUT2D eigenvalue weighted by atomic mass is 10.2. The Morgan fingerprint density at radius 3 is 2.42 bits per heavy atom. The van der Waals surface area contributed by atoms with E-state index in [2.05, 4.69) is 20.6 Å². The summed E-state index contributed by atoms with van der Waals surface area (Å²) in [5.41, 5.74) is 3.80. The van der Waals surface area contributed by atoms with E-state index in [9.17, 15) is 8.42 Å². The Balaban J connectivity index is 1.36. The fraction of sp³-hybridized carbons (Fsp3) is 0.259. The summed E-state index contributed by atoms with van der Waals surface area (Å²) in [6.07, 6.45) is 2.81. The molecule has 1 aromatic heterocycles. The summed E-state index contributed by atoms with van der Waals surface area (Å²) in [6.45, 7) is 2.44. The normalized spacial score (nSPS) is 11.5. The van der Waals surface area contributed by atoms with Crippen molar-refractivity contribution < 1.29 is 13.2 Å². The minimum absolute atomic E-state index is 0.159. The molecule has 0 saturated carbocycles. The average Bonchev–Trinajstić information content (AvgIpc) is 2.87. The highest BCUT2D eigenvalue weighted by Crippen LogP contribution is 2.27. The minimum atomic E-state index is -2.96. The first-order chi connectivity index (χ1) is 17.4. The molecular formula is C27H31N5O3S. The number of rotatable bonds is 12. The molecule has 0 atom stereocenters. The monoisotopic (exact) mass is 505 g/mol. The summed E-state index contributed by atoms with van der Waals surface area (Å²) in [7, 11) is -1.04. The van der Waals surface area contributed by atoms with Gasteiger partial charge in [0.2, 0.25) is 0 Å². The first-order valence-corrected chi connectivity index (χ1v) is 13.8. The number of fused-ring (bicyclic) bond motifs is 1. The Hall–Kier alpha value is -3.69. The van der Waals surface area contributed by atoms with E-state index in [1.807, 2.05) is 84.7 Å². The Kier molecular flexibility index (Phi) is 8.35. The number of benzene rings is 3. The topological polar surface area (TPSA) is 96.4 Å². The summed E-state index contributed by atoms with van der Waals surface area (Å²) in [4.78, 5) is 10.8. The van der Waals surface area contributed by atoms with Gasteiger partial charge in [0.05, 0.1) is 11.3 Å². The molecule has 4 rings (SSSR count). The van der Waals surface area contributed by atoms with Crippen molar-refractivity contribution in [2.75, 3.05) is 49.3 Å². The molecule has 0 saturated heterocycles. The van der Waals surface area contributed by atoms with E-state index in [-0.39, 0.29) is 5.75 Å². The molecule has 8 nitrogen and oxygen atoms in total. The molecule has 36 heavy (non-hydrogen) atoms. The van der Waals surface area contributed by atoms with Crippen molar-refractivity contribution in [3.63, 3.8) is 0 Å². The Morgan fingerprint density at radius 1 is 0.917 bits per heavy atom. The minimum Gasteiger partial charge on any atom is -0.489 e. The van der Waals surface area contributed by atoms with Crippen LogP contribution in [0.25, 0.3) is 10.9 Å². The number of likely N-dealkylation sites (N-methyl/N-ethyl adjacent to an activating group) is 1. The van der Waals surface area contributed by atoms with Crippen LogP contribution in [-0.2, 0) is 16.4 Å². The molecule has 0 aliphatic carbocycles. The van der Waals surface area contributed by atoms with Crippen LogP contribution in [0.3, 0.4) is 0 Å². The van der Waals surface area contributed by atoms with Crippen LogP contribution in [0, 0.1) is 0 Å². The van der Waals surface area contributed by atoms with Gasteiger partial charge in [-0.25, -0.2) is 18.4 Å². The number of anilines is 3. The molecular weight excluding hydrogens is 474 g/mol. The summed E-state index contributed by atoms with van der Waals surface area (Å²) in [6, 6.07) is 23.8. The summed E-state index contributed by atoms with van der Waals surface area (Å²) < 4.78 is 28.6. The molecule has 0 unspecified atom stereocenters. The van der Waals surface area contributed by atoms with E-state index in [1.54, 1.807) is 6.33 Å². The van der Waals surface area contributed by atoms with Gasteiger partial charge in [-0.05, 0) is 55.1 Å². The molecule has 0 aliphatic rings. The van der Waals surface area contributed by atoms with E-state index in [0.717, 1.165) is 40.1 Å². The van der Waals surface area contributed by atoms with Crippen molar-refractivity contribution in [1.82, 2.24) is 14.9 Å². The second-order valence-electron chi connectivity index (χ2n) is 8.74. The average molecular weight is 506 g/mol. The molecule has 4 aromatic rings. The zero-order chi connectivity index (χ0) is 25.4. The molecule has 9 heteroatoms. The number of hydrogen-bond acceptors (Lipinski definition) is 8. The molecule has 1 heterocycles. The number of nitrogens with one attached hydrogen (secondary N) is 2. The Bertz CT molecular complexity index is 1380. The van der Waals surface area contributed by atoms with Gasteiger partial charge < -0.3 is 20.3 Å². The van der Waals surface area contributed by atoms with Gasteiger partial charge in [-0.3, -0.25) is 0 Å². The first-order valence-electron chi connectivity index (χ1n) is 11.7. The lowest BCUT2D eigenvalue weighted by Crippen LogP contribution is -2.29. The van der Waals surface area contributed by atoms with Crippen molar-refractivity contribution >= 4 is 37.9 Å². The molecule has 3 aromatic carbocycles. The predicted octanol–water partition coefficient (Wildman–Crippen LogP) is 4.34. The van der Waals surface area contributed by atoms with E-state index in [1.165, 1.54) is 6.26 Å². The molecule has 0 spiro atoms. The van der Waals surface area contributed by atoms with Crippen molar-refractivity contribution in [2.45, 2.75) is 6.61 Å². The Labute approximate surface area is 212 Å². The van der Waals surface area contributed by atoms with Crippen molar-refractivity contribution in [3.05, 3.63) is 84.7 Å². The second-order valence-corrected chi connectivity index (χ2v) is 11.0. The van der Waals surface area contributed by atoms with Gasteiger partial charge in [-0.2, -0.15) is 0 Å². The summed E-state index contributed by atoms with van der Waals surface area (Å²) in [5, 5.41) is 7.68. The Morgan fingerprint density at radius 2 is 1.67 bits per heavy atom. The number of sulfone groups is 1.